The van der Waals surface area contributed by atoms with Gasteiger partial charge in [0.05, 0.1) is 17.6 Å². The zero-order valence-corrected chi connectivity index (χ0v) is 13.8. The van der Waals surface area contributed by atoms with E-state index in [-0.39, 0.29) is 11.3 Å². The second-order valence-electron chi connectivity index (χ2n) is 4.68. The molecule has 1 N–H and O–H groups in total. The van der Waals surface area contributed by atoms with Gasteiger partial charge in [-0.2, -0.15) is 4.39 Å². The van der Waals surface area contributed by atoms with E-state index in [1.54, 1.807) is 19.1 Å². The van der Waals surface area contributed by atoms with Crippen LogP contribution in [0.5, 0.6) is 5.75 Å². The van der Waals surface area contributed by atoms with Gasteiger partial charge in [0.1, 0.15) is 5.75 Å². The van der Waals surface area contributed by atoms with Crippen molar-refractivity contribution in [2.24, 2.45) is 0 Å². The van der Waals surface area contributed by atoms with Crippen LogP contribution in [-0.2, 0) is 0 Å². The Bertz CT molecular complexity index is 795. The van der Waals surface area contributed by atoms with Crippen LogP contribution in [0, 0.1) is 22.9 Å². The van der Waals surface area contributed by atoms with E-state index in [0.29, 0.717) is 10.2 Å². The lowest BCUT2D eigenvalue weighted by molar-refractivity contribution is -0.387. The van der Waals surface area contributed by atoms with E-state index in [0.717, 1.165) is 17.7 Å². The molecule has 0 bridgehead atoms. The Morgan fingerprint density at radius 1 is 1.35 bits per heavy atom. The lowest BCUT2D eigenvalue weighted by Gasteiger charge is -2.12. The Labute approximate surface area is 139 Å². The molecule has 23 heavy (non-hydrogen) atoms. The molecule has 8 heteroatoms. The third-order valence-corrected chi connectivity index (χ3v) is 3.55. The molecule has 0 fully saturated rings. The standard InChI is InChI=1S/C15H12BrFN2O4/c1-8-5-9(16)6-11(14(8)23-2)15(20)18-10-3-4-12(17)13(7-10)19(21)22/h3-7H,1-2H3,(H,18,20). The average Bonchev–Trinajstić information content (AvgIpc) is 2.48. The van der Waals surface area contributed by atoms with Crippen molar-refractivity contribution in [2.45, 2.75) is 6.92 Å². The molecule has 120 valence electrons. The molecule has 2 aromatic rings. The molecule has 2 aromatic carbocycles. The van der Waals surface area contributed by atoms with E-state index in [9.17, 15) is 19.3 Å². The number of ether oxygens (including phenoxy) is 1. The first-order valence-electron chi connectivity index (χ1n) is 6.43. The maximum absolute atomic E-state index is 13.3. The van der Waals surface area contributed by atoms with Crippen LogP contribution in [0.15, 0.2) is 34.8 Å². The SMILES string of the molecule is COc1c(C)cc(Br)cc1C(=O)Nc1ccc(F)c([N+](=O)[O-])c1. The van der Waals surface area contributed by atoms with E-state index in [1.807, 2.05) is 0 Å². The highest BCUT2D eigenvalue weighted by molar-refractivity contribution is 9.10. The Kier molecular flexibility index (Phi) is 4.95. The third kappa shape index (κ3) is 3.65. The van der Waals surface area contributed by atoms with Gasteiger partial charge in [-0.05, 0) is 36.8 Å². The van der Waals surface area contributed by atoms with E-state index < -0.39 is 22.3 Å². The van der Waals surface area contributed by atoms with Gasteiger partial charge in [0.15, 0.2) is 0 Å². The fourth-order valence-electron chi connectivity index (χ4n) is 2.10. The summed E-state index contributed by atoms with van der Waals surface area (Å²) in [5.41, 5.74) is 0.409. The number of methoxy groups -OCH3 is 1. The van der Waals surface area contributed by atoms with E-state index >= 15 is 0 Å². The molecule has 6 nitrogen and oxygen atoms in total. The van der Waals surface area contributed by atoms with Crippen molar-refractivity contribution in [1.29, 1.82) is 0 Å². The second-order valence-corrected chi connectivity index (χ2v) is 5.60. The molecule has 0 atom stereocenters. The summed E-state index contributed by atoms with van der Waals surface area (Å²) in [7, 11) is 1.44. The molecule has 0 aliphatic rings. The van der Waals surface area contributed by atoms with Crippen molar-refractivity contribution >= 4 is 33.2 Å². The van der Waals surface area contributed by atoms with Gasteiger partial charge in [0, 0.05) is 16.2 Å². The smallest absolute Gasteiger partial charge is 0.306 e. The number of hydrogen-bond donors (Lipinski definition) is 1. The number of aryl methyl sites for hydroxylation is 1. The lowest BCUT2D eigenvalue weighted by Crippen LogP contribution is -2.14. The van der Waals surface area contributed by atoms with Crippen LogP contribution in [0.3, 0.4) is 0 Å². The number of halogens is 2. The number of carbonyl (C=O) groups excluding carboxylic acids is 1. The molecule has 0 unspecified atom stereocenters. The monoisotopic (exact) mass is 382 g/mol. The first kappa shape index (κ1) is 16.9. The minimum Gasteiger partial charge on any atom is -0.496 e. The second kappa shape index (κ2) is 6.74. The highest BCUT2D eigenvalue weighted by atomic mass is 79.9. The van der Waals surface area contributed by atoms with Crippen molar-refractivity contribution in [3.63, 3.8) is 0 Å². The van der Waals surface area contributed by atoms with Crippen molar-refractivity contribution in [1.82, 2.24) is 0 Å². The van der Waals surface area contributed by atoms with Crippen LogP contribution in [-0.4, -0.2) is 17.9 Å². The van der Waals surface area contributed by atoms with E-state index in [2.05, 4.69) is 21.2 Å². The third-order valence-electron chi connectivity index (χ3n) is 3.09. The van der Waals surface area contributed by atoms with Crippen molar-refractivity contribution < 1.29 is 18.8 Å². The maximum Gasteiger partial charge on any atom is 0.306 e. The fourth-order valence-corrected chi connectivity index (χ4v) is 2.67. The van der Waals surface area contributed by atoms with Gasteiger partial charge in [-0.25, -0.2) is 0 Å². The summed E-state index contributed by atoms with van der Waals surface area (Å²) >= 11 is 3.30. The summed E-state index contributed by atoms with van der Waals surface area (Å²) in [6, 6.07) is 6.50. The zero-order chi connectivity index (χ0) is 17.1. The molecule has 0 saturated heterocycles. The lowest BCUT2D eigenvalue weighted by atomic mass is 10.1. The van der Waals surface area contributed by atoms with Crippen LogP contribution in [0.25, 0.3) is 0 Å². The minimum atomic E-state index is -0.969. The molecule has 0 aliphatic heterocycles. The predicted octanol–water partition coefficient (Wildman–Crippen LogP) is 4.07. The van der Waals surface area contributed by atoms with Gasteiger partial charge >= 0.3 is 5.69 Å². The highest BCUT2D eigenvalue weighted by Crippen LogP contribution is 2.29. The number of anilines is 1. The molecule has 0 aromatic heterocycles. The number of benzene rings is 2. The summed E-state index contributed by atoms with van der Waals surface area (Å²) in [4.78, 5) is 22.3. The van der Waals surface area contributed by atoms with Gasteiger partial charge < -0.3 is 10.1 Å². The molecule has 0 radical (unpaired) electrons. The van der Waals surface area contributed by atoms with Crippen LogP contribution in [0.4, 0.5) is 15.8 Å². The predicted molar refractivity (Wildman–Crippen MR) is 86.4 cm³/mol. The molecule has 2 rings (SSSR count). The summed E-state index contributed by atoms with van der Waals surface area (Å²) in [6.07, 6.45) is 0. The molecule has 0 heterocycles. The molecule has 0 spiro atoms. The Morgan fingerprint density at radius 3 is 2.65 bits per heavy atom. The number of nitrogens with one attached hydrogen (secondary N) is 1. The quantitative estimate of drug-likeness (QED) is 0.638. The van der Waals surface area contributed by atoms with Crippen LogP contribution < -0.4 is 10.1 Å². The number of nitrogens with zero attached hydrogens (tertiary/aromatic N) is 1. The van der Waals surface area contributed by atoms with Gasteiger partial charge in [-0.1, -0.05) is 15.9 Å². The molecular formula is C15H12BrFN2O4. The highest BCUT2D eigenvalue weighted by Gasteiger charge is 2.18. The zero-order valence-electron chi connectivity index (χ0n) is 12.2. The van der Waals surface area contributed by atoms with Crippen LogP contribution in [0.1, 0.15) is 15.9 Å². The van der Waals surface area contributed by atoms with E-state index in [4.69, 9.17) is 4.74 Å². The first-order chi connectivity index (χ1) is 10.8. The van der Waals surface area contributed by atoms with Crippen LogP contribution in [0.2, 0.25) is 0 Å². The number of rotatable bonds is 4. The topological polar surface area (TPSA) is 81.5 Å². The van der Waals surface area contributed by atoms with Crippen molar-refractivity contribution in [3.8, 4) is 5.75 Å². The number of nitro groups is 1. The number of nitro benzene ring substituents is 1. The first-order valence-corrected chi connectivity index (χ1v) is 7.22. The van der Waals surface area contributed by atoms with Crippen molar-refractivity contribution in [2.75, 3.05) is 12.4 Å². The van der Waals surface area contributed by atoms with Crippen LogP contribution >= 0.6 is 15.9 Å². The van der Waals surface area contributed by atoms with Gasteiger partial charge in [0.2, 0.25) is 5.82 Å². The Balaban J connectivity index is 2.37. The Morgan fingerprint density at radius 2 is 2.04 bits per heavy atom. The molecule has 1 amide bonds. The largest absolute Gasteiger partial charge is 0.496 e. The average molecular weight is 383 g/mol. The number of carbonyl (C=O) groups is 1. The Hall–Kier alpha value is -2.48. The van der Waals surface area contributed by atoms with Gasteiger partial charge in [-0.15, -0.1) is 0 Å². The van der Waals surface area contributed by atoms with Gasteiger partial charge in [-0.3, -0.25) is 14.9 Å². The summed E-state index contributed by atoms with van der Waals surface area (Å²) in [5.74, 6) is -1.10. The fraction of sp³-hybridized carbons (Fsp3) is 0.133. The minimum absolute atomic E-state index is 0.114. The summed E-state index contributed by atoms with van der Waals surface area (Å²) in [5, 5.41) is 13.2. The number of amides is 1. The normalized spacial score (nSPS) is 10.3. The molecule has 0 saturated carbocycles. The molecule has 0 aliphatic carbocycles. The van der Waals surface area contributed by atoms with E-state index in [1.165, 1.54) is 13.2 Å². The number of hydrogen-bond acceptors (Lipinski definition) is 4. The summed E-state index contributed by atoms with van der Waals surface area (Å²) in [6.45, 7) is 1.78. The van der Waals surface area contributed by atoms with Crippen molar-refractivity contribution in [3.05, 3.63) is 61.9 Å². The summed E-state index contributed by atoms with van der Waals surface area (Å²) < 4.78 is 19.2. The molecular weight excluding hydrogens is 371 g/mol. The van der Waals surface area contributed by atoms with Gasteiger partial charge in [0.25, 0.3) is 5.91 Å². The maximum atomic E-state index is 13.3.